The van der Waals surface area contributed by atoms with Crippen LogP contribution >= 0.6 is 15.9 Å². The van der Waals surface area contributed by atoms with Gasteiger partial charge in [-0.2, -0.15) is 0 Å². The Morgan fingerprint density at radius 3 is 2.44 bits per heavy atom. The van der Waals surface area contributed by atoms with Gasteiger partial charge in [0.05, 0.1) is 13.2 Å². The third-order valence-corrected chi connectivity index (χ3v) is 8.53. The first-order valence-corrected chi connectivity index (χ1v) is 16.4. The van der Waals surface area contributed by atoms with Crippen molar-refractivity contribution in [1.82, 2.24) is 10.9 Å². The summed E-state index contributed by atoms with van der Waals surface area (Å²) in [7, 11) is 3.97. The van der Waals surface area contributed by atoms with Gasteiger partial charge in [-0.05, 0) is 76.3 Å². The van der Waals surface area contributed by atoms with E-state index in [1.807, 2.05) is 104 Å². The number of halogens is 1. The number of hydrazine groups is 1. The summed E-state index contributed by atoms with van der Waals surface area (Å²) in [5.74, 6) is 0.564. The molecule has 0 bridgehead atoms. The van der Waals surface area contributed by atoms with Gasteiger partial charge in [-0.1, -0.05) is 69.6 Å². The van der Waals surface area contributed by atoms with E-state index in [9.17, 15) is 4.79 Å². The third-order valence-electron chi connectivity index (χ3n) is 8.01. The molecule has 0 aliphatic carbocycles. The van der Waals surface area contributed by atoms with E-state index >= 15 is 0 Å². The number of carbonyl (C=O) groups is 1. The lowest BCUT2D eigenvalue weighted by Gasteiger charge is -2.32. The van der Waals surface area contributed by atoms with Gasteiger partial charge in [0.1, 0.15) is 5.75 Å². The number of rotatable bonds is 15. The fourth-order valence-electron chi connectivity index (χ4n) is 5.46. The molecule has 248 valence electrons. The van der Waals surface area contributed by atoms with Crippen molar-refractivity contribution in [2.45, 2.75) is 37.6 Å². The van der Waals surface area contributed by atoms with Crippen LogP contribution in [0.25, 0.3) is 10.4 Å². The second kappa shape index (κ2) is 16.3. The standard InChI is InChI=1S/C36H38BrN7O4/c1-44(2)30-16-10-26(11-17-30)23-39-42-35(46)36(22-25-8-14-29(37)15-9-25)33(32-7-4-3-6-28(32)24-40-43-38)48-34(41-36)27-12-18-31(19-13-27)47-21-5-20-45/h3-4,6-19,33,39,45H,5,20-24H2,1-2H3,(H,42,46)/t33-,36-/m0/s1. The highest BCUT2D eigenvalue weighted by atomic mass is 79.9. The maximum absolute atomic E-state index is 14.6. The zero-order valence-electron chi connectivity index (χ0n) is 26.8. The van der Waals surface area contributed by atoms with Crippen molar-refractivity contribution in [2.75, 3.05) is 32.2 Å². The van der Waals surface area contributed by atoms with E-state index in [0.717, 1.165) is 26.9 Å². The van der Waals surface area contributed by atoms with E-state index in [1.165, 1.54) is 0 Å². The first kappa shape index (κ1) is 34.5. The van der Waals surface area contributed by atoms with Crippen molar-refractivity contribution >= 4 is 33.4 Å². The van der Waals surface area contributed by atoms with Gasteiger partial charge in [0.25, 0.3) is 5.91 Å². The zero-order valence-corrected chi connectivity index (χ0v) is 28.4. The quantitative estimate of drug-likeness (QED) is 0.0428. The van der Waals surface area contributed by atoms with Crippen molar-refractivity contribution in [3.05, 3.63) is 140 Å². The van der Waals surface area contributed by atoms with Crippen LogP contribution in [-0.4, -0.2) is 49.8 Å². The average molecular weight is 713 g/mol. The molecular formula is C36H38BrN7O4. The van der Waals surface area contributed by atoms with Gasteiger partial charge in [0, 0.05) is 60.7 Å². The summed E-state index contributed by atoms with van der Waals surface area (Å²) in [5, 5.41) is 12.9. The number of aliphatic hydroxyl groups is 1. The molecule has 1 heterocycles. The van der Waals surface area contributed by atoms with E-state index in [0.29, 0.717) is 42.3 Å². The number of nitrogens with zero attached hydrogens (tertiary/aromatic N) is 5. The first-order chi connectivity index (χ1) is 23.3. The second-order valence-electron chi connectivity index (χ2n) is 11.5. The number of aliphatic hydroxyl groups excluding tert-OH is 1. The molecule has 4 aromatic rings. The predicted molar refractivity (Wildman–Crippen MR) is 190 cm³/mol. The largest absolute Gasteiger partial charge is 0.494 e. The lowest BCUT2D eigenvalue weighted by atomic mass is 9.81. The summed E-state index contributed by atoms with van der Waals surface area (Å²) >= 11 is 3.51. The summed E-state index contributed by atoms with van der Waals surface area (Å²) in [6.07, 6.45) is -0.113. The molecule has 4 aromatic carbocycles. The Balaban J connectivity index is 1.53. The van der Waals surface area contributed by atoms with Gasteiger partial charge in [0.2, 0.25) is 5.90 Å². The number of carbonyl (C=O) groups excluding carboxylic acids is 1. The smallest absolute Gasteiger partial charge is 0.266 e. The van der Waals surface area contributed by atoms with Crippen molar-refractivity contribution in [1.29, 1.82) is 0 Å². The highest BCUT2D eigenvalue weighted by Gasteiger charge is 2.54. The Kier molecular flexibility index (Phi) is 11.7. The van der Waals surface area contributed by atoms with E-state index in [4.69, 9.17) is 25.1 Å². The van der Waals surface area contributed by atoms with Gasteiger partial charge in [-0.15, -0.1) is 0 Å². The predicted octanol–water partition coefficient (Wildman–Crippen LogP) is 6.41. The van der Waals surface area contributed by atoms with Gasteiger partial charge in [-0.25, -0.2) is 10.4 Å². The molecule has 0 unspecified atom stereocenters. The number of aliphatic imine (C=N–C) groups is 1. The molecule has 1 aliphatic heterocycles. The average Bonchev–Trinajstić information content (AvgIpc) is 3.49. The zero-order chi connectivity index (χ0) is 33.9. The number of azide groups is 1. The van der Waals surface area contributed by atoms with Crippen LogP contribution < -0.4 is 20.5 Å². The summed E-state index contributed by atoms with van der Waals surface area (Å²) in [6, 6.07) is 30.6. The van der Waals surface area contributed by atoms with Crippen LogP contribution in [0.5, 0.6) is 5.75 Å². The van der Waals surface area contributed by atoms with Crippen molar-refractivity contribution in [3.8, 4) is 5.75 Å². The molecule has 48 heavy (non-hydrogen) atoms. The normalized spacial score (nSPS) is 16.8. The molecule has 11 nitrogen and oxygen atoms in total. The number of hydrogen-bond donors (Lipinski definition) is 3. The minimum Gasteiger partial charge on any atom is -0.494 e. The van der Waals surface area contributed by atoms with E-state index < -0.39 is 11.6 Å². The molecule has 0 spiro atoms. The number of amides is 1. The fraction of sp³-hybridized carbons (Fsp3) is 0.278. The molecule has 1 aliphatic rings. The van der Waals surface area contributed by atoms with Gasteiger partial charge < -0.3 is 19.5 Å². The fourth-order valence-corrected chi connectivity index (χ4v) is 5.73. The number of anilines is 1. The SMILES string of the molecule is CN(C)c1ccc(CNNC(=O)[C@@]2(Cc3ccc(Br)cc3)N=C(c3ccc(OCCCO)cc3)O[C@H]2c2ccccc2CN=[N+]=[N-])cc1. The summed E-state index contributed by atoms with van der Waals surface area (Å²) < 4.78 is 13.3. The van der Waals surface area contributed by atoms with Gasteiger partial charge in [0.15, 0.2) is 11.6 Å². The van der Waals surface area contributed by atoms with Crippen molar-refractivity contribution in [3.63, 3.8) is 0 Å². The number of hydrogen-bond acceptors (Lipinski definition) is 8. The van der Waals surface area contributed by atoms with Crippen LogP contribution in [0.3, 0.4) is 0 Å². The second-order valence-corrected chi connectivity index (χ2v) is 12.5. The Labute approximate surface area is 288 Å². The molecule has 2 atom stereocenters. The first-order valence-electron chi connectivity index (χ1n) is 15.6. The van der Waals surface area contributed by atoms with Gasteiger partial charge in [-0.3, -0.25) is 10.2 Å². The molecule has 12 heteroatoms. The maximum atomic E-state index is 14.6. The van der Waals surface area contributed by atoms with Gasteiger partial charge >= 0.3 is 0 Å². The Hall–Kier alpha value is -4.87. The molecular weight excluding hydrogens is 674 g/mol. The molecule has 0 fully saturated rings. The van der Waals surface area contributed by atoms with Crippen molar-refractivity contribution < 1.29 is 19.4 Å². The molecule has 0 saturated heterocycles. The van der Waals surface area contributed by atoms with Crippen LogP contribution in [0.1, 0.15) is 40.3 Å². The van der Waals surface area contributed by atoms with Crippen molar-refractivity contribution in [2.24, 2.45) is 10.1 Å². The lowest BCUT2D eigenvalue weighted by Crippen LogP contribution is -2.53. The molecule has 0 saturated carbocycles. The Morgan fingerprint density at radius 2 is 1.75 bits per heavy atom. The lowest BCUT2D eigenvalue weighted by molar-refractivity contribution is -0.130. The third kappa shape index (κ3) is 8.34. The van der Waals surface area contributed by atoms with Crippen LogP contribution in [0.4, 0.5) is 5.69 Å². The number of benzene rings is 4. The van der Waals surface area contributed by atoms with Crippen LogP contribution in [-0.2, 0) is 29.0 Å². The number of ether oxygens (including phenoxy) is 2. The Bertz CT molecular complexity index is 1760. The minimum atomic E-state index is -1.45. The Morgan fingerprint density at radius 1 is 1.04 bits per heavy atom. The maximum Gasteiger partial charge on any atom is 0.266 e. The highest BCUT2D eigenvalue weighted by Crippen LogP contribution is 2.44. The van der Waals surface area contributed by atoms with Crippen LogP contribution in [0.2, 0.25) is 0 Å². The summed E-state index contributed by atoms with van der Waals surface area (Å²) in [5.41, 5.74) is 18.7. The molecule has 0 radical (unpaired) electrons. The molecule has 0 aromatic heterocycles. The van der Waals surface area contributed by atoms with E-state index in [2.05, 4.69) is 36.8 Å². The summed E-state index contributed by atoms with van der Waals surface area (Å²) in [4.78, 5) is 24.6. The molecule has 5 rings (SSSR count). The van der Waals surface area contributed by atoms with Crippen LogP contribution in [0, 0.1) is 0 Å². The van der Waals surface area contributed by atoms with Crippen LogP contribution in [0.15, 0.2) is 112 Å². The monoisotopic (exact) mass is 711 g/mol. The topological polar surface area (TPSA) is 144 Å². The minimum absolute atomic E-state index is 0.0470. The molecule has 1 amide bonds. The summed E-state index contributed by atoms with van der Waals surface area (Å²) in [6.45, 7) is 0.909. The number of nitrogens with one attached hydrogen (secondary N) is 2. The van der Waals surface area contributed by atoms with E-state index in [-0.39, 0.29) is 25.5 Å². The molecule has 3 N–H and O–H groups in total. The highest BCUT2D eigenvalue weighted by molar-refractivity contribution is 9.10. The van der Waals surface area contributed by atoms with E-state index in [1.54, 1.807) is 12.1 Å².